The van der Waals surface area contributed by atoms with Crippen molar-refractivity contribution >= 4 is 21.8 Å². The van der Waals surface area contributed by atoms with Crippen LogP contribution in [0.5, 0.6) is 5.75 Å². The van der Waals surface area contributed by atoms with Gasteiger partial charge in [-0.3, -0.25) is 9.78 Å². The Morgan fingerprint density at radius 1 is 1.21 bits per heavy atom. The van der Waals surface area contributed by atoms with Crippen molar-refractivity contribution in [1.29, 1.82) is 0 Å². The van der Waals surface area contributed by atoms with E-state index in [-0.39, 0.29) is 11.7 Å². The molecule has 0 radical (unpaired) electrons. The SMILES string of the molecule is CC(=O)Nc1cc(-c2cnc(C)c(OS(=O)(=O)C(C)C)c2)ccn1. The van der Waals surface area contributed by atoms with Crippen LogP contribution in [0, 0.1) is 6.92 Å². The van der Waals surface area contributed by atoms with Crippen LogP contribution < -0.4 is 9.50 Å². The maximum Gasteiger partial charge on any atom is 0.311 e. The summed E-state index contributed by atoms with van der Waals surface area (Å²) in [6.07, 6.45) is 3.16. The zero-order chi connectivity index (χ0) is 17.9. The molecule has 128 valence electrons. The van der Waals surface area contributed by atoms with Crippen LogP contribution in [-0.4, -0.2) is 29.5 Å². The van der Waals surface area contributed by atoms with E-state index in [9.17, 15) is 13.2 Å². The second kappa shape index (κ2) is 6.96. The number of nitrogens with zero attached hydrogens (tertiary/aromatic N) is 2. The van der Waals surface area contributed by atoms with Gasteiger partial charge in [-0.2, -0.15) is 8.42 Å². The molecule has 0 aromatic carbocycles. The molecule has 0 bridgehead atoms. The second-order valence-electron chi connectivity index (χ2n) is 5.54. The van der Waals surface area contributed by atoms with Crippen LogP contribution in [0.4, 0.5) is 5.82 Å². The monoisotopic (exact) mass is 349 g/mol. The number of nitrogens with one attached hydrogen (secondary N) is 1. The molecule has 0 aliphatic rings. The summed E-state index contributed by atoms with van der Waals surface area (Å²) in [5.74, 6) is 0.352. The third-order valence-corrected chi connectivity index (χ3v) is 4.79. The number of aryl methyl sites for hydroxylation is 1. The van der Waals surface area contributed by atoms with Crippen molar-refractivity contribution in [3.63, 3.8) is 0 Å². The minimum atomic E-state index is -3.71. The number of aromatic nitrogens is 2. The Hall–Kier alpha value is -2.48. The fraction of sp³-hybridized carbons (Fsp3) is 0.312. The molecule has 0 saturated heterocycles. The maximum absolute atomic E-state index is 12.0. The third kappa shape index (κ3) is 4.29. The molecule has 1 amide bonds. The van der Waals surface area contributed by atoms with Crippen molar-refractivity contribution in [2.45, 2.75) is 32.9 Å². The molecule has 24 heavy (non-hydrogen) atoms. The average Bonchev–Trinajstić information content (AvgIpc) is 2.48. The first-order valence-electron chi connectivity index (χ1n) is 7.33. The minimum Gasteiger partial charge on any atom is -0.380 e. The first-order chi connectivity index (χ1) is 11.2. The lowest BCUT2D eigenvalue weighted by Gasteiger charge is -2.12. The highest BCUT2D eigenvalue weighted by molar-refractivity contribution is 7.87. The van der Waals surface area contributed by atoms with Crippen LogP contribution in [0.1, 0.15) is 26.5 Å². The topological polar surface area (TPSA) is 98.2 Å². The Morgan fingerprint density at radius 2 is 1.92 bits per heavy atom. The summed E-state index contributed by atoms with van der Waals surface area (Å²) in [6, 6.07) is 5.02. The molecule has 2 aromatic heterocycles. The van der Waals surface area contributed by atoms with Gasteiger partial charge in [0.05, 0.1) is 10.9 Å². The standard InChI is InChI=1S/C16H19N3O4S/c1-10(2)24(21,22)23-15-7-14(9-18-11(15)3)13-5-6-17-16(8-13)19-12(4)20/h5-10H,1-4H3,(H,17,19,20). The zero-order valence-corrected chi connectivity index (χ0v) is 14.7. The van der Waals surface area contributed by atoms with Crippen LogP contribution in [0.3, 0.4) is 0 Å². The van der Waals surface area contributed by atoms with E-state index < -0.39 is 15.4 Å². The maximum atomic E-state index is 12.0. The molecule has 1 N–H and O–H groups in total. The Bertz CT molecular complexity index is 863. The molecule has 2 rings (SSSR count). The second-order valence-corrected chi connectivity index (χ2v) is 7.64. The molecule has 0 fully saturated rings. The largest absolute Gasteiger partial charge is 0.380 e. The minimum absolute atomic E-state index is 0.180. The van der Waals surface area contributed by atoms with Gasteiger partial charge in [-0.25, -0.2) is 4.98 Å². The van der Waals surface area contributed by atoms with Gasteiger partial charge in [0.15, 0.2) is 5.75 Å². The predicted molar refractivity (Wildman–Crippen MR) is 91.2 cm³/mol. The molecular formula is C16H19N3O4S. The Kier molecular flexibility index (Phi) is 5.18. The summed E-state index contributed by atoms with van der Waals surface area (Å²) < 4.78 is 29.1. The van der Waals surface area contributed by atoms with Gasteiger partial charge >= 0.3 is 10.1 Å². The molecule has 0 spiro atoms. The first-order valence-corrected chi connectivity index (χ1v) is 8.80. The summed E-state index contributed by atoms with van der Waals surface area (Å²) >= 11 is 0. The lowest BCUT2D eigenvalue weighted by molar-refractivity contribution is -0.114. The fourth-order valence-corrected chi connectivity index (χ4v) is 2.45. The van der Waals surface area contributed by atoms with Crippen molar-refractivity contribution in [2.75, 3.05) is 5.32 Å². The molecule has 7 nitrogen and oxygen atoms in total. The summed E-state index contributed by atoms with van der Waals surface area (Å²) in [4.78, 5) is 19.4. The van der Waals surface area contributed by atoms with Gasteiger partial charge in [0.2, 0.25) is 5.91 Å². The van der Waals surface area contributed by atoms with E-state index in [0.29, 0.717) is 17.1 Å². The van der Waals surface area contributed by atoms with Gasteiger partial charge in [-0.15, -0.1) is 0 Å². The molecular weight excluding hydrogens is 330 g/mol. The first kappa shape index (κ1) is 17.9. The summed E-state index contributed by atoms with van der Waals surface area (Å²) in [7, 11) is -3.71. The lowest BCUT2D eigenvalue weighted by Crippen LogP contribution is -2.20. The highest BCUT2D eigenvalue weighted by atomic mass is 32.2. The van der Waals surface area contributed by atoms with Crippen molar-refractivity contribution < 1.29 is 17.4 Å². The third-order valence-electron chi connectivity index (χ3n) is 3.22. The molecule has 0 saturated carbocycles. The van der Waals surface area contributed by atoms with Crippen LogP contribution >= 0.6 is 0 Å². The number of rotatable bonds is 5. The fourth-order valence-electron chi connectivity index (χ4n) is 1.84. The van der Waals surface area contributed by atoms with Crippen molar-refractivity contribution in [1.82, 2.24) is 9.97 Å². The molecule has 0 unspecified atom stereocenters. The van der Waals surface area contributed by atoms with Gasteiger partial charge in [-0.05, 0) is 44.5 Å². The predicted octanol–water partition coefficient (Wildman–Crippen LogP) is 2.53. The molecule has 0 aliphatic heterocycles. The Balaban J connectivity index is 2.39. The van der Waals surface area contributed by atoms with Crippen LogP contribution in [0.25, 0.3) is 11.1 Å². The molecule has 2 aromatic rings. The van der Waals surface area contributed by atoms with Crippen molar-refractivity contribution in [3.8, 4) is 16.9 Å². The number of anilines is 1. The number of carbonyl (C=O) groups is 1. The highest BCUT2D eigenvalue weighted by Gasteiger charge is 2.20. The van der Waals surface area contributed by atoms with E-state index in [1.807, 2.05) is 0 Å². The number of hydrogen-bond acceptors (Lipinski definition) is 6. The number of pyridine rings is 2. The Labute approximate surface area is 141 Å². The van der Waals surface area contributed by atoms with Gasteiger partial charge in [0, 0.05) is 24.9 Å². The van der Waals surface area contributed by atoms with Crippen molar-refractivity contribution in [3.05, 3.63) is 36.3 Å². The van der Waals surface area contributed by atoms with E-state index in [1.54, 1.807) is 51.4 Å². The zero-order valence-electron chi connectivity index (χ0n) is 13.9. The highest BCUT2D eigenvalue weighted by Crippen LogP contribution is 2.27. The van der Waals surface area contributed by atoms with E-state index in [4.69, 9.17) is 4.18 Å². The van der Waals surface area contributed by atoms with E-state index >= 15 is 0 Å². The average molecular weight is 349 g/mol. The van der Waals surface area contributed by atoms with E-state index in [0.717, 1.165) is 5.56 Å². The number of amides is 1. The molecule has 0 atom stereocenters. The summed E-state index contributed by atoms with van der Waals surface area (Å²) in [6.45, 7) is 6.16. The molecule has 2 heterocycles. The van der Waals surface area contributed by atoms with Gasteiger partial charge < -0.3 is 9.50 Å². The van der Waals surface area contributed by atoms with Gasteiger partial charge in [0.1, 0.15) is 5.82 Å². The van der Waals surface area contributed by atoms with E-state index in [2.05, 4.69) is 15.3 Å². The lowest BCUT2D eigenvalue weighted by atomic mass is 10.1. The van der Waals surface area contributed by atoms with Crippen LogP contribution in [-0.2, 0) is 14.9 Å². The normalized spacial score (nSPS) is 11.4. The summed E-state index contributed by atoms with van der Waals surface area (Å²) in [5, 5.41) is 1.94. The smallest absolute Gasteiger partial charge is 0.311 e. The van der Waals surface area contributed by atoms with E-state index in [1.165, 1.54) is 6.92 Å². The summed E-state index contributed by atoms with van der Waals surface area (Å²) in [5.41, 5.74) is 1.86. The molecule has 0 aliphatic carbocycles. The van der Waals surface area contributed by atoms with Crippen molar-refractivity contribution in [2.24, 2.45) is 0 Å². The van der Waals surface area contributed by atoms with Gasteiger partial charge in [-0.1, -0.05) is 0 Å². The molecule has 8 heteroatoms. The Morgan fingerprint density at radius 3 is 2.54 bits per heavy atom. The van der Waals surface area contributed by atoms with Crippen LogP contribution in [0.2, 0.25) is 0 Å². The van der Waals surface area contributed by atoms with Gasteiger partial charge in [0.25, 0.3) is 0 Å². The number of hydrogen-bond donors (Lipinski definition) is 1. The number of carbonyl (C=O) groups excluding carboxylic acids is 1. The quantitative estimate of drug-likeness (QED) is 0.833. The van der Waals surface area contributed by atoms with Crippen LogP contribution in [0.15, 0.2) is 30.6 Å².